The molecule has 1 aliphatic carbocycles. The fraction of sp³-hybridized carbons (Fsp3) is 0.615. The van der Waals surface area contributed by atoms with Gasteiger partial charge in [0.05, 0.1) is 0 Å². The van der Waals surface area contributed by atoms with Crippen molar-refractivity contribution < 1.29 is 4.79 Å². The van der Waals surface area contributed by atoms with E-state index in [0.29, 0.717) is 6.42 Å². The molecule has 88 valence electrons. The number of hydrogen-bond acceptors (Lipinski definition) is 2. The molecule has 0 aromatic carbocycles. The monoisotopic (exact) mass is 220 g/mol. The van der Waals surface area contributed by atoms with E-state index in [1.807, 2.05) is 5.01 Å². The van der Waals surface area contributed by atoms with E-state index in [9.17, 15) is 4.79 Å². The Morgan fingerprint density at radius 3 is 2.50 bits per heavy atom. The number of rotatable bonds is 1. The second-order valence-corrected chi connectivity index (χ2v) is 5.84. The highest BCUT2D eigenvalue weighted by molar-refractivity contribution is 5.77. The maximum Gasteiger partial charge on any atom is 0.240 e. The number of amides is 1. The minimum absolute atomic E-state index is 0.00681. The average Bonchev–Trinajstić information content (AvgIpc) is 2.57. The molecule has 1 amide bonds. The van der Waals surface area contributed by atoms with Gasteiger partial charge in [0.2, 0.25) is 5.91 Å². The Labute approximate surface area is 97.2 Å². The topological polar surface area (TPSA) is 32.3 Å². The largest absolute Gasteiger partial charge is 0.289 e. The molecule has 3 heteroatoms. The number of carbonyl (C=O) groups excluding carboxylic acids is 1. The number of nitrogens with one attached hydrogen (secondary N) is 1. The summed E-state index contributed by atoms with van der Waals surface area (Å²) in [5, 5.41) is 1.99. The van der Waals surface area contributed by atoms with E-state index in [1.54, 1.807) is 0 Å². The van der Waals surface area contributed by atoms with Crippen LogP contribution in [0.25, 0.3) is 0 Å². The van der Waals surface area contributed by atoms with Gasteiger partial charge in [0, 0.05) is 29.5 Å². The van der Waals surface area contributed by atoms with Gasteiger partial charge in [-0.05, 0) is 0 Å². The molecule has 16 heavy (non-hydrogen) atoms. The van der Waals surface area contributed by atoms with Gasteiger partial charge in [0.25, 0.3) is 0 Å². The molecule has 1 heterocycles. The lowest BCUT2D eigenvalue weighted by atomic mass is 9.76. The summed E-state index contributed by atoms with van der Waals surface area (Å²) in [6, 6.07) is 0. The highest BCUT2D eigenvalue weighted by Gasteiger charge is 2.34. The van der Waals surface area contributed by atoms with E-state index >= 15 is 0 Å². The Morgan fingerprint density at radius 1 is 1.25 bits per heavy atom. The lowest BCUT2D eigenvalue weighted by Gasteiger charge is -2.38. The van der Waals surface area contributed by atoms with Crippen LogP contribution in [0, 0.1) is 10.8 Å². The second kappa shape index (κ2) is 3.37. The summed E-state index contributed by atoms with van der Waals surface area (Å²) in [5.74, 6) is 0.115. The molecule has 1 aliphatic heterocycles. The maximum absolute atomic E-state index is 11.3. The van der Waals surface area contributed by atoms with Crippen LogP contribution in [0.5, 0.6) is 0 Å². The summed E-state index contributed by atoms with van der Waals surface area (Å²) in [4.78, 5) is 11.3. The molecule has 0 spiro atoms. The number of hydrazine groups is 1. The number of nitrogens with zero attached hydrogens (tertiary/aromatic N) is 1. The molecular formula is C13H20N2O. The quantitative estimate of drug-likeness (QED) is 0.687. The van der Waals surface area contributed by atoms with Crippen molar-refractivity contribution in [2.24, 2.45) is 10.8 Å². The van der Waals surface area contributed by atoms with Crippen LogP contribution in [-0.4, -0.2) is 17.5 Å². The van der Waals surface area contributed by atoms with E-state index in [-0.39, 0.29) is 16.7 Å². The van der Waals surface area contributed by atoms with E-state index in [2.05, 4.69) is 51.3 Å². The highest BCUT2D eigenvalue weighted by atomic mass is 16.2. The molecule has 1 saturated heterocycles. The highest BCUT2D eigenvalue weighted by Crippen LogP contribution is 2.40. The third-order valence-corrected chi connectivity index (χ3v) is 3.21. The average molecular weight is 220 g/mol. The minimum atomic E-state index is -0.00681. The van der Waals surface area contributed by atoms with Gasteiger partial charge in [0.1, 0.15) is 0 Å². The Bertz CT molecular complexity index is 377. The first-order valence-corrected chi connectivity index (χ1v) is 5.81. The molecule has 0 bridgehead atoms. The lowest BCUT2D eigenvalue weighted by molar-refractivity contribution is -0.120. The predicted molar refractivity (Wildman–Crippen MR) is 64.3 cm³/mol. The Morgan fingerprint density at radius 2 is 1.94 bits per heavy atom. The first kappa shape index (κ1) is 11.2. The first-order valence-electron chi connectivity index (χ1n) is 5.81. The van der Waals surface area contributed by atoms with E-state index in [0.717, 1.165) is 6.54 Å². The summed E-state index contributed by atoms with van der Waals surface area (Å²) < 4.78 is 0. The second-order valence-electron chi connectivity index (χ2n) is 5.84. The molecule has 0 saturated carbocycles. The predicted octanol–water partition coefficient (Wildman–Crippen LogP) is 2.23. The fourth-order valence-electron chi connectivity index (χ4n) is 2.18. The van der Waals surface area contributed by atoms with Crippen molar-refractivity contribution in [2.75, 3.05) is 6.54 Å². The van der Waals surface area contributed by atoms with E-state index in [4.69, 9.17) is 0 Å². The SMILES string of the molecule is CC1(C)C=CC(C)(C)C(N2CCC(=O)N2)=C1. The molecule has 0 radical (unpaired) electrons. The van der Waals surface area contributed by atoms with Gasteiger partial charge in [-0.2, -0.15) is 0 Å². The van der Waals surface area contributed by atoms with Crippen LogP contribution in [0.15, 0.2) is 23.9 Å². The molecule has 0 aromatic rings. The van der Waals surface area contributed by atoms with Crippen molar-refractivity contribution in [1.82, 2.24) is 10.4 Å². The zero-order valence-electron chi connectivity index (χ0n) is 10.5. The van der Waals surface area contributed by atoms with Gasteiger partial charge in [-0.25, -0.2) is 0 Å². The van der Waals surface area contributed by atoms with Gasteiger partial charge >= 0.3 is 0 Å². The third-order valence-electron chi connectivity index (χ3n) is 3.21. The molecule has 0 atom stereocenters. The third kappa shape index (κ3) is 1.99. The van der Waals surface area contributed by atoms with Crippen molar-refractivity contribution in [1.29, 1.82) is 0 Å². The number of allylic oxidation sites excluding steroid dienone is 3. The van der Waals surface area contributed by atoms with E-state index < -0.39 is 0 Å². The molecular weight excluding hydrogens is 200 g/mol. The van der Waals surface area contributed by atoms with Crippen LogP contribution in [-0.2, 0) is 4.79 Å². The smallest absolute Gasteiger partial charge is 0.240 e. The molecule has 0 unspecified atom stereocenters. The minimum Gasteiger partial charge on any atom is -0.289 e. The van der Waals surface area contributed by atoms with Crippen molar-refractivity contribution in [3.63, 3.8) is 0 Å². The summed E-state index contributed by atoms with van der Waals surface area (Å²) in [6.07, 6.45) is 7.30. The maximum atomic E-state index is 11.3. The number of carbonyl (C=O) groups is 1. The van der Waals surface area contributed by atoms with Crippen molar-refractivity contribution in [3.8, 4) is 0 Å². The molecule has 3 nitrogen and oxygen atoms in total. The first-order chi connectivity index (χ1) is 7.30. The van der Waals surface area contributed by atoms with Crippen molar-refractivity contribution >= 4 is 5.91 Å². The van der Waals surface area contributed by atoms with Crippen LogP contribution in [0.1, 0.15) is 34.1 Å². The fourth-order valence-corrected chi connectivity index (χ4v) is 2.18. The normalized spacial score (nSPS) is 26.6. The zero-order chi connectivity index (χ0) is 12.0. The number of hydrogen-bond donors (Lipinski definition) is 1. The molecule has 1 N–H and O–H groups in total. The summed E-state index contributed by atoms with van der Waals surface area (Å²) in [5.41, 5.74) is 4.17. The zero-order valence-corrected chi connectivity index (χ0v) is 10.5. The van der Waals surface area contributed by atoms with Crippen LogP contribution in [0.3, 0.4) is 0 Å². The molecule has 2 rings (SSSR count). The van der Waals surface area contributed by atoms with Gasteiger partial charge in [-0.15, -0.1) is 0 Å². The molecule has 1 fully saturated rings. The van der Waals surface area contributed by atoms with Gasteiger partial charge < -0.3 is 0 Å². The lowest BCUT2D eigenvalue weighted by Crippen LogP contribution is -2.39. The summed E-state index contributed by atoms with van der Waals surface area (Å²) in [7, 11) is 0. The van der Waals surface area contributed by atoms with Crippen LogP contribution < -0.4 is 5.43 Å². The van der Waals surface area contributed by atoms with Crippen molar-refractivity contribution in [2.45, 2.75) is 34.1 Å². The van der Waals surface area contributed by atoms with Crippen molar-refractivity contribution in [3.05, 3.63) is 23.9 Å². The summed E-state index contributed by atoms with van der Waals surface area (Å²) >= 11 is 0. The standard InChI is InChI=1S/C13H20N2O/c1-12(2)6-7-13(3,4)10(9-12)15-8-5-11(16)14-15/h6-7,9H,5,8H2,1-4H3,(H,14,16). The summed E-state index contributed by atoms with van der Waals surface area (Å²) in [6.45, 7) is 9.48. The van der Waals surface area contributed by atoms with Gasteiger partial charge in [-0.1, -0.05) is 45.9 Å². The van der Waals surface area contributed by atoms with Crippen LogP contribution >= 0.6 is 0 Å². The van der Waals surface area contributed by atoms with E-state index in [1.165, 1.54) is 5.70 Å². The van der Waals surface area contributed by atoms with Gasteiger partial charge in [-0.3, -0.25) is 15.2 Å². The van der Waals surface area contributed by atoms with Crippen LogP contribution in [0.2, 0.25) is 0 Å². The molecule has 2 aliphatic rings. The Hall–Kier alpha value is -1.25. The van der Waals surface area contributed by atoms with Gasteiger partial charge in [0.15, 0.2) is 0 Å². The Balaban J connectivity index is 2.30. The van der Waals surface area contributed by atoms with Crippen LogP contribution in [0.4, 0.5) is 0 Å². The molecule has 0 aromatic heterocycles. The Kier molecular flexibility index (Phi) is 2.37.